The first-order chi connectivity index (χ1) is 13.0. The summed E-state index contributed by atoms with van der Waals surface area (Å²) in [4.78, 5) is 14.7. The third-order valence-corrected chi connectivity index (χ3v) is 5.15. The molecule has 2 aliphatic rings. The fraction of sp³-hybridized carbons (Fsp3) is 0.381. The SMILES string of the molecule is Cc1ccc2c(c1)OC(c1ccc(CN3CCOCC3)c(O)c1)C(O)C2=O. The molecule has 6 nitrogen and oxygen atoms in total. The van der Waals surface area contributed by atoms with Crippen molar-refractivity contribution in [3.63, 3.8) is 0 Å². The van der Waals surface area contributed by atoms with Gasteiger partial charge >= 0.3 is 0 Å². The number of hydrogen-bond acceptors (Lipinski definition) is 6. The Morgan fingerprint density at radius 1 is 1.15 bits per heavy atom. The quantitative estimate of drug-likeness (QED) is 0.864. The van der Waals surface area contributed by atoms with Crippen molar-refractivity contribution in [1.29, 1.82) is 0 Å². The van der Waals surface area contributed by atoms with Gasteiger partial charge in [0.2, 0.25) is 0 Å². The largest absolute Gasteiger partial charge is 0.508 e. The van der Waals surface area contributed by atoms with Crippen molar-refractivity contribution >= 4 is 5.78 Å². The molecule has 0 bridgehead atoms. The number of carbonyl (C=O) groups is 1. The highest BCUT2D eigenvalue weighted by Crippen LogP contribution is 2.37. The summed E-state index contributed by atoms with van der Waals surface area (Å²) in [5.41, 5.74) is 2.73. The Bertz CT molecular complexity index is 860. The molecule has 0 aliphatic carbocycles. The predicted octanol–water partition coefficient (Wildman–Crippen LogP) is 2.21. The summed E-state index contributed by atoms with van der Waals surface area (Å²) >= 11 is 0. The monoisotopic (exact) mass is 369 g/mol. The second-order valence-corrected chi connectivity index (χ2v) is 7.12. The smallest absolute Gasteiger partial charge is 0.199 e. The number of phenolic OH excluding ortho intramolecular Hbond substituents is 1. The average molecular weight is 369 g/mol. The summed E-state index contributed by atoms with van der Waals surface area (Å²) in [7, 11) is 0. The average Bonchev–Trinajstić information content (AvgIpc) is 2.67. The minimum atomic E-state index is -1.30. The highest BCUT2D eigenvalue weighted by molar-refractivity contribution is 6.03. The summed E-state index contributed by atoms with van der Waals surface area (Å²) in [6.07, 6.45) is -2.14. The van der Waals surface area contributed by atoms with E-state index in [9.17, 15) is 15.0 Å². The van der Waals surface area contributed by atoms with Crippen LogP contribution in [0, 0.1) is 6.92 Å². The number of aromatic hydroxyl groups is 1. The van der Waals surface area contributed by atoms with Crippen LogP contribution in [0.3, 0.4) is 0 Å². The van der Waals surface area contributed by atoms with Gasteiger partial charge in [-0.15, -0.1) is 0 Å². The van der Waals surface area contributed by atoms with Crippen LogP contribution in [0.25, 0.3) is 0 Å². The lowest BCUT2D eigenvalue weighted by Crippen LogP contribution is -2.36. The summed E-state index contributed by atoms with van der Waals surface area (Å²) in [5.74, 6) is 0.239. The zero-order valence-electron chi connectivity index (χ0n) is 15.2. The second-order valence-electron chi connectivity index (χ2n) is 7.12. The number of carbonyl (C=O) groups excluding carboxylic acids is 1. The zero-order valence-corrected chi connectivity index (χ0v) is 15.2. The van der Waals surface area contributed by atoms with Crippen molar-refractivity contribution in [2.45, 2.75) is 25.7 Å². The summed E-state index contributed by atoms with van der Waals surface area (Å²) in [5, 5.41) is 20.9. The van der Waals surface area contributed by atoms with Crippen molar-refractivity contribution in [1.82, 2.24) is 4.90 Å². The van der Waals surface area contributed by atoms with Crippen molar-refractivity contribution in [3.05, 3.63) is 58.7 Å². The van der Waals surface area contributed by atoms with Gasteiger partial charge in [-0.25, -0.2) is 0 Å². The second kappa shape index (κ2) is 7.31. The number of aryl methyl sites for hydroxylation is 1. The van der Waals surface area contributed by atoms with Gasteiger partial charge in [0, 0.05) is 25.2 Å². The van der Waals surface area contributed by atoms with Crippen LogP contribution in [-0.2, 0) is 11.3 Å². The molecule has 2 atom stereocenters. The van der Waals surface area contributed by atoms with Crippen LogP contribution in [-0.4, -0.2) is 53.3 Å². The van der Waals surface area contributed by atoms with E-state index >= 15 is 0 Å². The van der Waals surface area contributed by atoms with Crippen LogP contribution in [0.2, 0.25) is 0 Å². The number of hydrogen-bond donors (Lipinski definition) is 2. The van der Waals surface area contributed by atoms with Gasteiger partial charge in [0.15, 0.2) is 18.0 Å². The number of benzene rings is 2. The maximum absolute atomic E-state index is 12.5. The molecule has 0 saturated carbocycles. The Hall–Kier alpha value is -2.41. The Kier molecular flexibility index (Phi) is 4.86. The number of rotatable bonds is 3. The molecule has 2 aliphatic heterocycles. The van der Waals surface area contributed by atoms with Crippen molar-refractivity contribution < 1.29 is 24.5 Å². The number of nitrogens with zero attached hydrogens (tertiary/aromatic N) is 1. The van der Waals surface area contributed by atoms with Gasteiger partial charge in [-0.3, -0.25) is 9.69 Å². The molecule has 6 heteroatoms. The number of aliphatic hydroxyl groups excluding tert-OH is 1. The topological polar surface area (TPSA) is 79.2 Å². The molecule has 142 valence electrons. The first kappa shape index (κ1) is 18.0. The Balaban J connectivity index is 1.57. The molecule has 0 spiro atoms. The predicted molar refractivity (Wildman–Crippen MR) is 99.1 cm³/mol. The lowest BCUT2D eigenvalue weighted by Gasteiger charge is -2.30. The molecule has 1 fully saturated rings. The molecule has 2 aromatic carbocycles. The summed E-state index contributed by atoms with van der Waals surface area (Å²) in [6.45, 7) is 5.60. The van der Waals surface area contributed by atoms with E-state index in [4.69, 9.17) is 9.47 Å². The molecule has 2 aromatic rings. The van der Waals surface area contributed by atoms with Gasteiger partial charge in [-0.05, 0) is 36.2 Å². The number of phenols is 1. The minimum Gasteiger partial charge on any atom is -0.508 e. The molecule has 27 heavy (non-hydrogen) atoms. The molecule has 2 heterocycles. The highest BCUT2D eigenvalue weighted by atomic mass is 16.5. The van der Waals surface area contributed by atoms with Gasteiger partial charge < -0.3 is 19.7 Å². The van der Waals surface area contributed by atoms with E-state index in [2.05, 4.69) is 4.90 Å². The molecule has 1 saturated heterocycles. The van der Waals surface area contributed by atoms with E-state index < -0.39 is 12.2 Å². The van der Waals surface area contributed by atoms with E-state index in [-0.39, 0.29) is 11.5 Å². The zero-order chi connectivity index (χ0) is 19.0. The van der Waals surface area contributed by atoms with E-state index in [1.165, 1.54) is 0 Å². The van der Waals surface area contributed by atoms with Crippen LogP contribution in [0.4, 0.5) is 0 Å². The Morgan fingerprint density at radius 2 is 1.93 bits per heavy atom. The summed E-state index contributed by atoms with van der Waals surface area (Å²) < 4.78 is 11.3. The van der Waals surface area contributed by atoms with Crippen molar-refractivity contribution in [2.75, 3.05) is 26.3 Å². The number of fused-ring (bicyclic) bond motifs is 1. The molecule has 0 aromatic heterocycles. The molecule has 4 rings (SSSR count). The van der Waals surface area contributed by atoms with Crippen molar-refractivity contribution in [2.24, 2.45) is 0 Å². The molecule has 2 unspecified atom stereocenters. The number of ether oxygens (including phenoxy) is 2. The first-order valence-corrected chi connectivity index (χ1v) is 9.14. The van der Waals surface area contributed by atoms with Gasteiger partial charge in [-0.1, -0.05) is 18.2 Å². The first-order valence-electron chi connectivity index (χ1n) is 9.14. The third-order valence-electron chi connectivity index (χ3n) is 5.15. The molecule has 2 N–H and O–H groups in total. The van der Waals surface area contributed by atoms with Crippen LogP contribution < -0.4 is 4.74 Å². The van der Waals surface area contributed by atoms with Crippen LogP contribution in [0.15, 0.2) is 36.4 Å². The minimum absolute atomic E-state index is 0.136. The number of aliphatic hydroxyl groups is 1. The van der Waals surface area contributed by atoms with Crippen LogP contribution in [0.5, 0.6) is 11.5 Å². The van der Waals surface area contributed by atoms with Crippen LogP contribution >= 0.6 is 0 Å². The maximum atomic E-state index is 12.5. The number of ketones is 1. The lowest BCUT2D eigenvalue weighted by atomic mass is 9.92. The third kappa shape index (κ3) is 3.56. The Morgan fingerprint density at radius 3 is 2.67 bits per heavy atom. The Labute approximate surface area is 157 Å². The summed E-state index contributed by atoms with van der Waals surface area (Å²) in [6, 6.07) is 10.5. The number of Topliss-reactive ketones (excluding diaryl/α,β-unsaturated/α-hetero) is 1. The lowest BCUT2D eigenvalue weighted by molar-refractivity contribution is 0.0215. The van der Waals surface area contributed by atoms with E-state index in [1.807, 2.05) is 19.1 Å². The fourth-order valence-corrected chi connectivity index (χ4v) is 3.57. The molecule has 0 amide bonds. The standard InChI is InChI=1S/C21H23NO5/c1-13-2-5-16-18(10-13)27-21(20(25)19(16)24)14-3-4-15(17(23)11-14)12-22-6-8-26-9-7-22/h2-5,10-11,20-21,23,25H,6-9,12H2,1H3. The normalized spacial score (nSPS) is 23.0. The van der Waals surface area contributed by atoms with E-state index in [1.54, 1.807) is 24.3 Å². The van der Waals surface area contributed by atoms with E-state index in [0.717, 1.165) is 24.2 Å². The molecular formula is C21H23NO5. The maximum Gasteiger partial charge on any atom is 0.199 e. The number of morpholine rings is 1. The van der Waals surface area contributed by atoms with Gasteiger partial charge in [0.05, 0.1) is 18.8 Å². The van der Waals surface area contributed by atoms with Gasteiger partial charge in [-0.2, -0.15) is 0 Å². The molecular weight excluding hydrogens is 346 g/mol. The highest BCUT2D eigenvalue weighted by Gasteiger charge is 2.37. The van der Waals surface area contributed by atoms with E-state index in [0.29, 0.717) is 36.6 Å². The molecule has 0 radical (unpaired) electrons. The van der Waals surface area contributed by atoms with Gasteiger partial charge in [0.1, 0.15) is 11.5 Å². The van der Waals surface area contributed by atoms with Gasteiger partial charge in [0.25, 0.3) is 0 Å². The van der Waals surface area contributed by atoms with Crippen molar-refractivity contribution in [3.8, 4) is 11.5 Å². The fourth-order valence-electron chi connectivity index (χ4n) is 3.57. The van der Waals surface area contributed by atoms with Crippen LogP contribution in [0.1, 0.15) is 33.2 Å².